The zero-order valence-corrected chi connectivity index (χ0v) is 16.2. The summed E-state index contributed by atoms with van der Waals surface area (Å²) < 4.78 is 5.12. The number of nitro benzene ring substituents is 1. The quantitative estimate of drug-likeness (QED) is 0.402. The summed E-state index contributed by atoms with van der Waals surface area (Å²) in [5, 5.41) is 10.9. The predicted octanol–water partition coefficient (Wildman–Crippen LogP) is 3.64. The van der Waals surface area contributed by atoms with Crippen LogP contribution in [0.1, 0.15) is 18.1 Å². The van der Waals surface area contributed by atoms with Crippen LogP contribution in [0, 0.1) is 10.1 Å². The van der Waals surface area contributed by atoms with E-state index in [4.69, 9.17) is 4.74 Å². The summed E-state index contributed by atoms with van der Waals surface area (Å²) in [5.41, 5.74) is 1.52. The normalized spacial score (nSPS) is 14.0. The zero-order valence-electron chi connectivity index (χ0n) is 15.4. The number of non-ortho nitro benzene ring substituents is 1. The van der Waals surface area contributed by atoms with Crippen molar-refractivity contribution < 1.29 is 19.2 Å². The number of imide groups is 1. The summed E-state index contributed by atoms with van der Waals surface area (Å²) in [6.07, 6.45) is 0. The average Bonchev–Trinajstić information content (AvgIpc) is 2.93. The molecule has 0 N–H and O–H groups in total. The molecule has 0 fully saturated rings. The van der Waals surface area contributed by atoms with E-state index in [1.54, 1.807) is 31.4 Å². The molecular weight excluding hydrogens is 380 g/mol. The maximum absolute atomic E-state index is 13.0. The van der Waals surface area contributed by atoms with Crippen molar-refractivity contribution in [1.82, 2.24) is 4.90 Å². The van der Waals surface area contributed by atoms with Gasteiger partial charge >= 0.3 is 0 Å². The molecule has 28 heavy (non-hydrogen) atoms. The van der Waals surface area contributed by atoms with Gasteiger partial charge in [0, 0.05) is 12.1 Å². The third-order valence-corrected chi connectivity index (χ3v) is 5.24. The van der Waals surface area contributed by atoms with Crippen LogP contribution in [-0.4, -0.2) is 34.5 Å². The maximum atomic E-state index is 13.0. The van der Waals surface area contributed by atoms with Crippen LogP contribution in [0.2, 0.25) is 0 Å². The van der Waals surface area contributed by atoms with Crippen LogP contribution in [0.25, 0.3) is 5.57 Å². The molecule has 0 saturated heterocycles. The molecule has 0 unspecified atom stereocenters. The first-order valence-corrected chi connectivity index (χ1v) is 9.55. The van der Waals surface area contributed by atoms with Gasteiger partial charge in [0.1, 0.15) is 5.75 Å². The smallest absolute Gasteiger partial charge is 0.269 e. The molecule has 0 radical (unpaired) electrons. The highest BCUT2D eigenvalue weighted by Crippen LogP contribution is 2.37. The molecule has 0 spiro atoms. The highest BCUT2D eigenvalue weighted by Gasteiger charge is 2.39. The van der Waals surface area contributed by atoms with Crippen molar-refractivity contribution in [1.29, 1.82) is 0 Å². The van der Waals surface area contributed by atoms with Gasteiger partial charge in [0.2, 0.25) is 0 Å². The van der Waals surface area contributed by atoms with E-state index in [0.29, 0.717) is 27.5 Å². The number of carbonyl (C=O) groups excluding carboxylic acids is 2. The van der Waals surface area contributed by atoms with Crippen molar-refractivity contribution in [2.75, 3.05) is 12.9 Å². The van der Waals surface area contributed by atoms with Gasteiger partial charge < -0.3 is 4.74 Å². The first-order chi connectivity index (χ1) is 13.5. The van der Waals surface area contributed by atoms with E-state index in [1.807, 2.05) is 6.92 Å². The summed E-state index contributed by atoms with van der Waals surface area (Å²) in [6.45, 7) is 2.04. The molecule has 0 saturated carbocycles. The maximum Gasteiger partial charge on any atom is 0.269 e. The number of ether oxygens (including phenoxy) is 1. The lowest BCUT2D eigenvalue weighted by Crippen LogP contribution is -2.30. The lowest BCUT2D eigenvalue weighted by molar-refractivity contribution is -0.384. The van der Waals surface area contributed by atoms with Crippen LogP contribution in [0.15, 0.2) is 53.4 Å². The Morgan fingerprint density at radius 3 is 2.21 bits per heavy atom. The molecule has 1 aliphatic heterocycles. The van der Waals surface area contributed by atoms with Crippen LogP contribution in [0.5, 0.6) is 5.75 Å². The summed E-state index contributed by atoms with van der Waals surface area (Å²) in [4.78, 5) is 37.9. The Morgan fingerprint density at radius 2 is 1.68 bits per heavy atom. The van der Waals surface area contributed by atoms with Crippen molar-refractivity contribution in [3.63, 3.8) is 0 Å². The van der Waals surface area contributed by atoms with Gasteiger partial charge in [-0.3, -0.25) is 24.6 Å². The molecular formula is C20H18N2O5S. The van der Waals surface area contributed by atoms with Gasteiger partial charge in [-0.15, -0.1) is 11.8 Å². The van der Waals surface area contributed by atoms with Crippen molar-refractivity contribution in [3.05, 3.63) is 74.7 Å². The molecule has 7 nitrogen and oxygen atoms in total. The fourth-order valence-electron chi connectivity index (χ4n) is 2.89. The van der Waals surface area contributed by atoms with Gasteiger partial charge in [0.15, 0.2) is 0 Å². The second-order valence-electron chi connectivity index (χ2n) is 5.99. The van der Waals surface area contributed by atoms with Crippen LogP contribution < -0.4 is 4.74 Å². The van der Waals surface area contributed by atoms with Crippen LogP contribution >= 0.6 is 11.8 Å². The molecule has 8 heteroatoms. The Balaban J connectivity index is 1.92. The Hall–Kier alpha value is -3.13. The van der Waals surface area contributed by atoms with Crippen molar-refractivity contribution in [2.24, 2.45) is 0 Å². The van der Waals surface area contributed by atoms with E-state index in [9.17, 15) is 19.7 Å². The molecule has 1 heterocycles. The van der Waals surface area contributed by atoms with E-state index in [-0.39, 0.29) is 18.1 Å². The Labute approximate surface area is 166 Å². The first kappa shape index (κ1) is 19.6. The van der Waals surface area contributed by atoms with Gasteiger partial charge in [0.05, 0.1) is 29.1 Å². The minimum atomic E-state index is -0.503. The van der Waals surface area contributed by atoms with E-state index in [2.05, 4.69) is 0 Å². The standard InChI is InChI=1S/C20H18N2O5S/c1-3-28-18-17(14-6-8-15(9-7-14)22(25)26)19(23)21(20(18)24)12-13-4-10-16(27-2)11-5-13/h4-11H,3,12H2,1-2H3. The van der Waals surface area contributed by atoms with Crippen molar-refractivity contribution in [3.8, 4) is 5.75 Å². The largest absolute Gasteiger partial charge is 0.497 e. The Bertz CT molecular complexity index is 952. The minimum Gasteiger partial charge on any atom is -0.497 e. The number of amides is 2. The van der Waals surface area contributed by atoms with Gasteiger partial charge in [-0.2, -0.15) is 0 Å². The molecule has 2 aromatic carbocycles. The van der Waals surface area contributed by atoms with Gasteiger partial charge in [-0.25, -0.2) is 0 Å². The molecule has 2 amide bonds. The first-order valence-electron chi connectivity index (χ1n) is 8.57. The molecule has 0 bridgehead atoms. The van der Waals surface area contributed by atoms with E-state index in [1.165, 1.54) is 40.9 Å². The molecule has 1 aliphatic rings. The fraction of sp³-hybridized carbons (Fsp3) is 0.200. The second-order valence-corrected chi connectivity index (χ2v) is 7.26. The fourth-order valence-corrected chi connectivity index (χ4v) is 3.77. The average molecular weight is 398 g/mol. The minimum absolute atomic E-state index is 0.0686. The number of thioether (sulfide) groups is 1. The van der Waals surface area contributed by atoms with Crippen molar-refractivity contribution >= 4 is 34.8 Å². The topological polar surface area (TPSA) is 89.8 Å². The van der Waals surface area contributed by atoms with Crippen molar-refractivity contribution in [2.45, 2.75) is 13.5 Å². The van der Waals surface area contributed by atoms with Crippen LogP contribution in [-0.2, 0) is 16.1 Å². The van der Waals surface area contributed by atoms with Gasteiger partial charge in [-0.05, 0) is 41.1 Å². The lowest BCUT2D eigenvalue weighted by atomic mass is 10.1. The second kappa shape index (κ2) is 8.26. The highest BCUT2D eigenvalue weighted by atomic mass is 32.2. The Kier molecular flexibility index (Phi) is 5.79. The molecule has 144 valence electrons. The van der Waals surface area contributed by atoms with E-state index >= 15 is 0 Å². The summed E-state index contributed by atoms with van der Waals surface area (Å²) in [7, 11) is 1.57. The lowest BCUT2D eigenvalue weighted by Gasteiger charge is -2.15. The van der Waals surface area contributed by atoms with Gasteiger partial charge in [-0.1, -0.05) is 19.1 Å². The molecule has 0 aliphatic carbocycles. The number of carbonyl (C=O) groups is 2. The van der Waals surface area contributed by atoms with E-state index < -0.39 is 10.8 Å². The monoisotopic (exact) mass is 398 g/mol. The molecule has 3 rings (SSSR count). The number of hydrogen-bond acceptors (Lipinski definition) is 6. The predicted molar refractivity (Wildman–Crippen MR) is 107 cm³/mol. The third kappa shape index (κ3) is 3.77. The number of benzene rings is 2. The number of nitrogens with zero attached hydrogens (tertiary/aromatic N) is 2. The number of methoxy groups -OCH3 is 1. The number of nitro groups is 1. The molecule has 0 atom stereocenters. The molecule has 0 aromatic heterocycles. The highest BCUT2D eigenvalue weighted by molar-refractivity contribution is 8.04. The van der Waals surface area contributed by atoms with Crippen LogP contribution in [0.4, 0.5) is 5.69 Å². The SMILES string of the molecule is CCSC1=C(c2ccc([N+](=O)[O-])cc2)C(=O)N(Cc2ccc(OC)cc2)C1=O. The van der Waals surface area contributed by atoms with Gasteiger partial charge in [0.25, 0.3) is 17.5 Å². The third-order valence-electron chi connectivity index (χ3n) is 4.28. The summed E-state index contributed by atoms with van der Waals surface area (Å²) in [5.74, 6) is 0.572. The number of rotatable bonds is 7. The van der Waals surface area contributed by atoms with E-state index in [0.717, 1.165) is 5.56 Å². The summed E-state index contributed by atoms with van der Waals surface area (Å²) in [6, 6.07) is 12.8. The number of hydrogen-bond donors (Lipinski definition) is 0. The molecule has 2 aromatic rings. The zero-order chi connectivity index (χ0) is 20.3. The summed E-state index contributed by atoms with van der Waals surface area (Å²) >= 11 is 1.30. The Morgan fingerprint density at radius 1 is 1.04 bits per heavy atom. The van der Waals surface area contributed by atoms with Crippen LogP contribution in [0.3, 0.4) is 0 Å².